The Labute approximate surface area is 180 Å². The molecule has 0 saturated heterocycles. The Morgan fingerprint density at radius 2 is 1.43 bits per heavy atom. The summed E-state index contributed by atoms with van der Waals surface area (Å²) in [6.07, 6.45) is 12.4. The van der Waals surface area contributed by atoms with Crippen molar-refractivity contribution in [2.24, 2.45) is 0 Å². The van der Waals surface area contributed by atoms with Crippen molar-refractivity contribution in [2.75, 3.05) is 14.2 Å². The van der Waals surface area contributed by atoms with E-state index in [4.69, 9.17) is 9.05 Å². The number of hydrogen-bond donors (Lipinski definition) is 1. The molecule has 0 aliphatic heterocycles. The minimum Gasteiger partial charge on any atom is -0.507 e. The number of allylic oxidation sites excluding steroid dienone is 1. The molecule has 2 saturated carbocycles. The number of hydrogen-bond acceptors (Lipinski definition) is 5. The van der Waals surface area contributed by atoms with Gasteiger partial charge in [0.15, 0.2) is 5.78 Å². The molecule has 166 valence electrons. The van der Waals surface area contributed by atoms with Crippen LogP contribution in [0.3, 0.4) is 0 Å². The van der Waals surface area contributed by atoms with Gasteiger partial charge in [0.25, 0.3) is 0 Å². The van der Waals surface area contributed by atoms with Crippen molar-refractivity contribution in [1.82, 2.24) is 0 Å². The van der Waals surface area contributed by atoms with Crippen LogP contribution in [0.4, 0.5) is 0 Å². The molecule has 0 bridgehead atoms. The van der Waals surface area contributed by atoms with E-state index in [0.29, 0.717) is 17.6 Å². The molecule has 30 heavy (non-hydrogen) atoms. The largest absolute Gasteiger partial charge is 0.507 e. The second-order valence-electron chi connectivity index (χ2n) is 9.13. The molecule has 2 fully saturated rings. The summed E-state index contributed by atoms with van der Waals surface area (Å²) in [5.41, 5.74) is 2.94. The van der Waals surface area contributed by atoms with Gasteiger partial charge in [0.2, 0.25) is 0 Å². The molecule has 0 spiro atoms. The van der Waals surface area contributed by atoms with Gasteiger partial charge < -0.3 is 14.2 Å². The Morgan fingerprint density at radius 1 is 1.00 bits per heavy atom. The average molecular weight is 435 g/mol. The van der Waals surface area contributed by atoms with E-state index in [0.717, 1.165) is 42.4 Å². The van der Waals surface area contributed by atoms with Crippen LogP contribution in [0, 0.1) is 0 Å². The van der Waals surface area contributed by atoms with Crippen LogP contribution in [0.2, 0.25) is 0 Å². The van der Waals surface area contributed by atoms with Crippen molar-refractivity contribution in [1.29, 1.82) is 0 Å². The van der Waals surface area contributed by atoms with Crippen molar-refractivity contribution >= 4 is 19.5 Å². The maximum Gasteiger partial charge on any atom is 0.343 e. The number of aromatic hydroxyl groups is 1. The Hall–Kier alpha value is -1.42. The van der Waals surface area contributed by atoms with Crippen LogP contribution < -0.4 is 0 Å². The second-order valence-corrected chi connectivity index (χ2v) is 12.0. The predicted octanol–water partition coefficient (Wildman–Crippen LogP) is 6.55. The molecule has 3 rings (SSSR count). The summed E-state index contributed by atoms with van der Waals surface area (Å²) in [5.74, 6) is 0.911. The van der Waals surface area contributed by atoms with Crippen molar-refractivity contribution < 1.29 is 23.5 Å². The molecule has 2 aliphatic rings. The summed E-state index contributed by atoms with van der Waals surface area (Å²) in [7, 11) is -0.971. The number of benzene rings is 1. The standard InChI is InChI=1S/C24H35O5P/c1-24(2,30(27,28-3)29-4)22(25)14-13-17-15-20(18-9-5-6-10-18)23(26)21(16-17)19-11-7-8-12-19/h13-16,18-19,26H,5-12H2,1-4H3/b14-13+. The lowest BCUT2D eigenvalue weighted by Crippen LogP contribution is -2.31. The molecular weight excluding hydrogens is 399 g/mol. The topological polar surface area (TPSA) is 72.8 Å². The highest BCUT2D eigenvalue weighted by Crippen LogP contribution is 2.59. The molecule has 0 atom stereocenters. The third-order valence-electron chi connectivity index (χ3n) is 6.98. The molecular formula is C24H35O5P. The van der Waals surface area contributed by atoms with E-state index in [9.17, 15) is 14.5 Å². The summed E-state index contributed by atoms with van der Waals surface area (Å²) < 4.78 is 22.9. The van der Waals surface area contributed by atoms with E-state index < -0.39 is 12.8 Å². The minimum absolute atomic E-state index is 0.313. The highest BCUT2D eigenvalue weighted by atomic mass is 31.2. The lowest BCUT2D eigenvalue weighted by Gasteiger charge is -2.28. The summed E-state index contributed by atoms with van der Waals surface area (Å²) in [6, 6.07) is 4.04. The van der Waals surface area contributed by atoms with E-state index in [2.05, 4.69) is 0 Å². The molecule has 0 aromatic heterocycles. The van der Waals surface area contributed by atoms with Crippen LogP contribution in [-0.4, -0.2) is 30.3 Å². The van der Waals surface area contributed by atoms with Crippen LogP contribution >= 0.6 is 7.60 Å². The smallest absolute Gasteiger partial charge is 0.343 e. The zero-order valence-corrected chi connectivity index (χ0v) is 19.5. The van der Waals surface area contributed by atoms with Gasteiger partial charge in [-0.1, -0.05) is 31.8 Å². The van der Waals surface area contributed by atoms with E-state index in [1.165, 1.54) is 46.0 Å². The monoisotopic (exact) mass is 434 g/mol. The summed E-state index contributed by atoms with van der Waals surface area (Å²) in [5, 5.41) is 9.77. The highest BCUT2D eigenvalue weighted by Gasteiger charge is 2.47. The predicted molar refractivity (Wildman–Crippen MR) is 120 cm³/mol. The van der Waals surface area contributed by atoms with Crippen LogP contribution in [0.25, 0.3) is 6.08 Å². The van der Waals surface area contributed by atoms with Gasteiger partial charge in [0.1, 0.15) is 10.9 Å². The molecule has 1 N–H and O–H groups in total. The fraction of sp³-hybridized carbons (Fsp3) is 0.625. The lowest BCUT2D eigenvalue weighted by atomic mass is 9.87. The zero-order chi connectivity index (χ0) is 21.9. The number of ketones is 1. The first-order valence-electron chi connectivity index (χ1n) is 11.0. The molecule has 2 aliphatic carbocycles. The number of carbonyl (C=O) groups excluding carboxylic acids is 1. The molecule has 0 amide bonds. The zero-order valence-electron chi connectivity index (χ0n) is 18.6. The van der Waals surface area contributed by atoms with E-state index in [1.807, 2.05) is 12.1 Å². The van der Waals surface area contributed by atoms with Gasteiger partial charge in [0, 0.05) is 14.2 Å². The average Bonchev–Trinajstić information content (AvgIpc) is 3.46. The maximum absolute atomic E-state index is 12.9. The van der Waals surface area contributed by atoms with E-state index in [-0.39, 0.29) is 5.78 Å². The van der Waals surface area contributed by atoms with Crippen molar-refractivity contribution in [3.05, 3.63) is 34.9 Å². The molecule has 0 radical (unpaired) electrons. The van der Waals surface area contributed by atoms with Gasteiger partial charge in [-0.15, -0.1) is 0 Å². The summed E-state index contributed by atoms with van der Waals surface area (Å²) in [6.45, 7) is 3.16. The van der Waals surface area contributed by atoms with Gasteiger partial charge in [-0.2, -0.15) is 0 Å². The third kappa shape index (κ3) is 4.44. The Morgan fingerprint density at radius 3 is 1.83 bits per heavy atom. The minimum atomic E-state index is -3.56. The second kappa shape index (κ2) is 9.38. The number of carbonyl (C=O) groups is 1. The maximum atomic E-state index is 12.9. The number of phenols is 1. The van der Waals surface area contributed by atoms with Crippen LogP contribution in [0.1, 0.15) is 93.7 Å². The van der Waals surface area contributed by atoms with Gasteiger partial charge in [-0.3, -0.25) is 9.36 Å². The summed E-state index contributed by atoms with van der Waals surface area (Å²) in [4.78, 5) is 12.9. The molecule has 1 aromatic carbocycles. The van der Waals surface area contributed by atoms with Gasteiger partial charge in [0.05, 0.1) is 0 Å². The van der Waals surface area contributed by atoms with Crippen molar-refractivity contribution in [3.63, 3.8) is 0 Å². The van der Waals surface area contributed by atoms with E-state index in [1.54, 1.807) is 19.9 Å². The SMILES string of the molecule is COP(=O)(OC)C(C)(C)C(=O)/C=C/c1cc(C2CCCC2)c(O)c(C2CCCC2)c1. The fourth-order valence-corrected chi connectivity index (χ4v) is 6.34. The van der Waals surface area contributed by atoms with Crippen molar-refractivity contribution in [3.8, 4) is 5.75 Å². The van der Waals surface area contributed by atoms with Crippen LogP contribution in [-0.2, 0) is 18.4 Å². The van der Waals surface area contributed by atoms with Gasteiger partial charge in [-0.25, -0.2) is 0 Å². The Balaban J connectivity index is 1.94. The van der Waals surface area contributed by atoms with Crippen molar-refractivity contribution in [2.45, 2.75) is 82.2 Å². The first kappa shape index (κ1) is 23.2. The number of phenolic OH excluding ortho intramolecular Hbond substituents is 1. The lowest BCUT2D eigenvalue weighted by molar-refractivity contribution is -0.116. The molecule has 1 aromatic rings. The normalized spacial score (nSPS) is 19.2. The highest BCUT2D eigenvalue weighted by molar-refractivity contribution is 7.56. The van der Waals surface area contributed by atoms with Gasteiger partial charge >= 0.3 is 7.60 Å². The molecule has 0 unspecified atom stereocenters. The first-order chi connectivity index (χ1) is 14.2. The molecule has 5 nitrogen and oxygen atoms in total. The Kier molecular flexibility index (Phi) is 7.27. The first-order valence-corrected chi connectivity index (χ1v) is 12.6. The Bertz CT molecular complexity index is 800. The van der Waals surface area contributed by atoms with Crippen LogP contribution in [0.15, 0.2) is 18.2 Å². The van der Waals surface area contributed by atoms with Gasteiger partial charge in [-0.05, 0) is 86.3 Å². The summed E-state index contributed by atoms with van der Waals surface area (Å²) >= 11 is 0. The molecule has 0 heterocycles. The van der Waals surface area contributed by atoms with Crippen LogP contribution in [0.5, 0.6) is 5.75 Å². The number of rotatable bonds is 8. The van der Waals surface area contributed by atoms with E-state index >= 15 is 0 Å². The quantitative estimate of drug-likeness (QED) is 0.371. The molecule has 6 heteroatoms. The fourth-order valence-electron chi connectivity index (χ4n) is 4.94. The third-order valence-corrected chi connectivity index (χ3v) is 9.53.